The van der Waals surface area contributed by atoms with E-state index in [1.165, 1.54) is 0 Å². The molecule has 1 saturated carbocycles. The number of benzene rings is 1. The van der Waals surface area contributed by atoms with E-state index in [9.17, 15) is 5.11 Å². The summed E-state index contributed by atoms with van der Waals surface area (Å²) in [6.45, 7) is 2.11. The fourth-order valence-electron chi connectivity index (χ4n) is 2.98. The highest BCUT2D eigenvalue weighted by molar-refractivity contribution is 9.10. The van der Waals surface area contributed by atoms with Crippen molar-refractivity contribution in [1.29, 1.82) is 0 Å². The molecular weight excluding hydrogens is 320 g/mol. The lowest BCUT2D eigenvalue weighted by Crippen LogP contribution is -2.28. The van der Waals surface area contributed by atoms with Gasteiger partial charge in [-0.2, -0.15) is 5.10 Å². The van der Waals surface area contributed by atoms with Crippen molar-refractivity contribution >= 4 is 26.8 Å². The Morgan fingerprint density at radius 3 is 2.90 bits per heavy atom. The van der Waals surface area contributed by atoms with Crippen LogP contribution in [0.15, 0.2) is 22.8 Å². The average molecular weight is 339 g/mol. The van der Waals surface area contributed by atoms with Gasteiger partial charge in [0.05, 0.1) is 29.2 Å². The van der Waals surface area contributed by atoms with Gasteiger partial charge >= 0.3 is 0 Å². The summed E-state index contributed by atoms with van der Waals surface area (Å²) in [4.78, 5) is 0. The van der Waals surface area contributed by atoms with Crippen molar-refractivity contribution in [2.24, 2.45) is 5.92 Å². The highest BCUT2D eigenvalue weighted by Gasteiger charge is 2.27. The molecule has 0 saturated heterocycles. The monoisotopic (exact) mass is 338 g/mol. The average Bonchev–Trinajstić information content (AvgIpc) is 2.83. The predicted molar refractivity (Wildman–Crippen MR) is 82.0 cm³/mol. The van der Waals surface area contributed by atoms with Crippen LogP contribution in [0.5, 0.6) is 5.75 Å². The minimum atomic E-state index is -0.162. The zero-order valence-corrected chi connectivity index (χ0v) is 13.3. The van der Waals surface area contributed by atoms with Gasteiger partial charge in [0.25, 0.3) is 0 Å². The first-order chi connectivity index (χ1) is 9.58. The highest BCUT2D eigenvalue weighted by Crippen LogP contribution is 2.34. The molecule has 4 nitrogen and oxygen atoms in total. The summed E-state index contributed by atoms with van der Waals surface area (Å²) < 4.78 is 8.31. The van der Waals surface area contributed by atoms with Crippen LogP contribution in [0.3, 0.4) is 0 Å². The summed E-state index contributed by atoms with van der Waals surface area (Å²) in [5.74, 6) is 1.14. The second-order valence-corrected chi connectivity index (χ2v) is 6.52. The summed E-state index contributed by atoms with van der Waals surface area (Å²) in [7, 11) is 1.66. The van der Waals surface area contributed by atoms with Gasteiger partial charge in [0.1, 0.15) is 5.75 Å². The molecule has 3 atom stereocenters. The second-order valence-electron chi connectivity index (χ2n) is 5.67. The number of methoxy groups -OCH3 is 1. The van der Waals surface area contributed by atoms with E-state index in [0.717, 1.165) is 40.4 Å². The Bertz CT molecular complexity index is 626. The topological polar surface area (TPSA) is 47.3 Å². The maximum Gasteiger partial charge on any atom is 0.135 e. The van der Waals surface area contributed by atoms with E-state index >= 15 is 0 Å². The zero-order valence-electron chi connectivity index (χ0n) is 11.7. The lowest BCUT2D eigenvalue weighted by atomic mass is 9.85. The van der Waals surface area contributed by atoms with Crippen LogP contribution < -0.4 is 4.74 Å². The van der Waals surface area contributed by atoms with Gasteiger partial charge in [0.2, 0.25) is 0 Å². The first-order valence-corrected chi connectivity index (χ1v) is 7.78. The normalized spacial score (nSPS) is 26.9. The van der Waals surface area contributed by atoms with Crippen LogP contribution in [0.25, 0.3) is 10.9 Å². The number of aliphatic hydroxyl groups is 1. The molecule has 0 bridgehead atoms. The molecule has 1 aliphatic carbocycles. The van der Waals surface area contributed by atoms with E-state index in [1.54, 1.807) is 7.11 Å². The number of hydrogen-bond acceptors (Lipinski definition) is 3. The van der Waals surface area contributed by atoms with E-state index in [0.29, 0.717) is 12.0 Å². The third-order valence-electron chi connectivity index (χ3n) is 4.27. The smallest absolute Gasteiger partial charge is 0.135 e. The second kappa shape index (κ2) is 5.37. The van der Waals surface area contributed by atoms with Gasteiger partial charge in [-0.15, -0.1) is 0 Å². The van der Waals surface area contributed by atoms with E-state index < -0.39 is 0 Å². The van der Waals surface area contributed by atoms with Gasteiger partial charge in [0.15, 0.2) is 0 Å². The first-order valence-electron chi connectivity index (χ1n) is 6.99. The largest absolute Gasteiger partial charge is 0.495 e. The Kier molecular flexibility index (Phi) is 3.73. The lowest BCUT2D eigenvalue weighted by molar-refractivity contribution is 0.0574. The van der Waals surface area contributed by atoms with E-state index in [2.05, 4.69) is 38.8 Å². The van der Waals surface area contributed by atoms with Gasteiger partial charge in [-0.05, 0) is 47.2 Å². The van der Waals surface area contributed by atoms with Crippen LogP contribution in [-0.4, -0.2) is 28.1 Å². The Morgan fingerprint density at radius 1 is 1.40 bits per heavy atom. The number of fused-ring (bicyclic) bond motifs is 1. The molecule has 2 aromatic rings. The molecule has 3 rings (SSSR count). The van der Waals surface area contributed by atoms with Gasteiger partial charge in [-0.1, -0.05) is 6.92 Å². The molecule has 0 aliphatic heterocycles. The molecule has 0 spiro atoms. The van der Waals surface area contributed by atoms with Crippen molar-refractivity contribution in [1.82, 2.24) is 9.78 Å². The Morgan fingerprint density at radius 2 is 2.20 bits per heavy atom. The highest BCUT2D eigenvalue weighted by atomic mass is 79.9. The molecule has 0 amide bonds. The standard InChI is InChI=1S/C15H19BrN2O2/c1-9-5-11(3-4-14(9)19)18-8-10-6-12(16)15(20-2)7-13(10)17-18/h6-9,11,14,19H,3-5H2,1-2H3/t9-,11+,14+/m1/s1. The fourth-order valence-corrected chi connectivity index (χ4v) is 3.50. The third-order valence-corrected chi connectivity index (χ3v) is 4.89. The first kappa shape index (κ1) is 13.9. The number of halogens is 1. The molecule has 1 aliphatic rings. The van der Waals surface area contributed by atoms with Crippen molar-refractivity contribution in [3.05, 3.63) is 22.8 Å². The molecule has 1 fully saturated rings. The molecular formula is C15H19BrN2O2. The number of rotatable bonds is 2. The van der Waals surface area contributed by atoms with Crippen molar-refractivity contribution < 1.29 is 9.84 Å². The zero-order chi connectivity index (χ0) is 14.3. The summed E-state index contributed by atoms with van der Waals surface area (Å²) in [5, 5.41) is 15.6. The SMILES string of the molecule is COc1cc2nn([C@H]3CC[C@H](O)[C@H](C)C3)cc2cc1Br. The van der Waals surface area contributed by atoms with Crippen LogP contribution in [0.4, 0.5) is 0 Å². The molecule has 1 aromatic heterocycles. The summed E-state index contributed by atoms with van der Waals surface area (Å²) in [5.41, 5.74) is 0.948. The number of aromatic nitrogens is 2. The van der Waals surface area contributed by atoms with Crippen LogP contribution in [-0.2, 0) is 0 Å². The molecule has 20 heavy (non-hydrogen) atoms. The van der Waals surface area contributed by atoms with Crippen LogP contribution in [0, 0.1) is 5.92 Å². The van der Waals surface area contributed by atoms with Gasteiger partial charge in [-0.25, -0.2) is 0 Å². The Balaban J connectivity index is 1.93. The quantitative estimate of drug-likeness (QED) is 0.911. The van der Waals surface area contributed by atoms with Crippen LogP contribution in [0.2, 0.25) is 0 Å². The maximum atomic E-state index is 9.83. The summed E-state index contributed by atoms with van der Waals surface area (Å²) in [6.07, 6.45) is 4.75. The van der Waals surface area contributed by atoms with Crippen molar-refractivity contribution in [3.63, 3.8) is 0 Å². The fraction of sp³-hybridized carbons (Fsp3) is 0.533. The number of nitrogens with zero attached hydrogens (tertiary/aromatic N) is 2. The van der Waals surface area contributed by atoms with Crippen LogP contribution >= 0.6 is 15.9 Å². The number of hydrogen-bond donors (Lipinski definition) is 1. The summed E-state index contributed by atoms with van der Waals surface area (Å²) in [6, 6.07) is 4.38. The Labute approximate surface area is 126 Å². The maximum absolute atomic E-state index is 9.83. The van der Waals surface area contributed by atoms with E-state index in [1.807, 2.05) is 12.1 Å². The van der Waals surface area contributed by atoms with E-state index in [4.69, 9.17) is 4.74 Å². The minimum absolute atomic E-state index is 0.162. The van der Waals surface area contributed by atoms with Gasteiger partial charge in [-0.3, -0.25) is 4.68 Å². The summed E-state index contributed by atoms with van der Waals surface area (Å²) >= 11 is 3.51. The predicted octanol–water partition coefficient (Wildman–Crippen LogP) is 3.53. The number of aliphatic hydroxyl groups excluding tert-OH is 1. The van der Waals surface area contributed by atoms with Crippen LogP contribution in [0.1, 0.15) is 32.2 Å². The minimum Gasteiger partial charge on any atom is -0.495 e. The third kappa shape index (κ3) is 2.44. The Hall–Kier alpha value is -1.07. The van der Waals surface area contributed by atoms with E-state index in [-0.39, 0.29) is 6.10 Å². The molecule has 1 N–H and O–H groups in total. The van der Waals surface area contributed by atoms with Crippen molar-refractivity contribution in [2.75, 3.05) is 7.11 Å². The van der Waals surface area contributed by atoms with Crippen molar-refractivity contribution in [3.8, 4) is 5.75 Å². The number of ether oxygens (including phenoxy) is 1. The van der Waals surface area contributed by atoms with Crippen molar-refractivity contribution in [2.45, 2.75) is 38.3 Å². The molecule has 0 unspecified atom stereocenters. The molecule has 108 valence electrons. The molecule has 1 heterocycles. The van der Waals surface area contributed by atoms with Gasteiger partial charge in [0, 0.05) is 17.6 Å². The molecule has 5 heteroatoms. The van der Waals surface area contributed by atoms with Gasteiger partial charge < -0.3 is 9.84 Å². The lowest BCUT2D eigenvalue weighted by Gasteiger charge is -2.31. The molecule has 0 radical (unpaired) electrons. The molecule has 1 aromatic carbocycles.